The maximum absolute atomic E-state index is 6.10. The number of rotatable bonds is 2. The Morgan fingerprint density at radius 2 is 2.26 bits per heavy atom. The second-order valence-corrected chi connectivity index (χ2v) is 6.15. The standard InChI is InChI=1S/C15H17ClN6O/c1-21-8-10(7-18-21)22-4-2-11-14(22)13(20-15(16)19-11)12-6-9(17)3-5-23-12/h2,4,7-9,12H,3,5-6,17H2,1H3. The maximum Gasteiger partial charge on any atom is 0.223 e. The van der Waals surface area contributed by atoms with Crippen molar-refractivity contribution in [3.63, 3.8) is 0 Å². The van der Waals surface area contributed by atoms with E-state index < -0.39 is 0 Å². The lowest BCUT2D eigenvalue weighted by molar-refractivity contribution is 0.00488. The number of aryl methyl sites for hydroxylation is 1. The number of ether oxygens (including phenoxy) is 1. The molecule has 1 saturated heterocycles. The Morgan fingerprint density at radius 1 is 1.39 bits per heavy atom. The molecule has 0 saturated carbocycles. The Morgan fingerprint density at radius 3 is 3.00 bits per heavy atom. The van der Waals surface area contributed by atoms with E-state index >= 15 is 0 Å². The number of fused-ring (bicyclic) bond motifs is 1. The molecule has 2 unspecified atom stereocenters. The monoisotopic (exact) mass is 332 g/mol. The summed E-state index contributed by atoms with van der Waals surface area (Å²) in [7, 11) is 1.88. The molecule has 0 radical (unpaired) electrons. The Hall–Kier alpha value is -1.96. The second kappa shape index (κ2) is 5.59. The van der Waals surface area contributed by atoms with E-state index in [9.17, 15) is 0 Å². The van der Waals surface area contributed by atoms with Crippen LogP contribution in [0.3, 0.4) is 0 Å². The van der Waals surface area contributed by atoms with Crippen LogP contribution < -0.4 is 5.73 Å². The zero-order valence-corrected chi connectivity index (χ0v) is 13.4. The van der Waals surface area contributed by atoms with Crippen LogP contribution in [0.4, 0.5) is 0 Å². The predicted molar refractivity (Wildman–Crippen MR) is 86.5 cm³/mol. The first-order valence-corrected chi connectivity index (χ1v) is 7.90. The predicted octanol–water partition coefficient (Wildman–Crippen LogP) is 1.99. The zero-order chi connectivity index (χ0) is 16.0. The lowest BCUT2D eigenvalue weighted by Crippen LogP contribution is -2.31. The second-order valence-electron chi connectivity index (χ2n) is 5.81. The first kappa shape index (κ1) is 14.6. The minimum Gasteiger partial charge on any atom is -0.372 e. The Bertz CT molecular complexity index is 857. The van der Waals surface area contributed by atoms with E-state index in [4.69, 9.17) is 22.1 Å². The highest BCUT2D eigenvalue weighted by Gasteiger charge is 2.27. The van der Waals surface area contributed by atoms with Gasteiger partial charge in [-0.1, -0.05) is 0 Å². The average molecular weight is 333 g/mol. The van der Waals surface area contributed by atoms with Crippen molar-refractivity contribution in [3.8, 4) is 5.69 Å². The van der Waals surface area contributed by atoms with Gasteiger partial charge >= 0.3 is 0 Å². The first-order valence-electron chi connectivity index (χ1n) is 7.52. The van der Waals surface area contributed by atoms with Crippen LogP contribution in [0.25, 0.3) is 16.7 Å². The van der Waals surface area contributed by atoms with Gasteiger partial charge in [0.25, 0.3) is 0 Å². The quantitative estimate of drug-likeness (QED) is 0.725. The zero-order valence-electron chi connectivity index (χ0n) is 12.7. The highest BCUT2D eigenvalue weighted by atomic mass is 35.5. The lowest BCUT2D eigenvalue weighted by atomic mass is 10.0. The molecule has 4 heterocycles. The van der Waals surface area contributed by atoms with Crippen molar-refractivity contribution in [2.24, 2.45) is 12.8 Å². The van der Waals surface area contributed by atoms with E-state index in [1.54, 1.807) is 10.9 Å². The summed E-state index contributed by atoms with van der Waals surface area (Å²) in [5.74, 6) is 0. The van der Waals surface area contributed by atoms with E-state index in [1.165, 1.54) is 0 Å². The van der Waals surface area contributed by atoms with Crippen molar-refractivity contribution in [2.45, 2.75) is 25.0 Å². The molecule has 2 atom stereocenters. The number of aromatic nitrogens is 5. The van der Waals surface area contributed by atoms with Crippen LogP contribution in [0.2, 0.25) is 5.28 Å². The number of nitrogens with zero attached hydrogens (tertiary/aromatic N) is 5. The van der Waals surface area contributed by atoms with Crippen molar-refractivity contribution in [2.75, 3.05) is 6.61 Å². The summed E-state index contributed by atoms with van der Waals surface area (Å²) in [6.07, 6.45) is 7.09. The summed E-state index contributed by atoms with van der Waals surface area (Å²) < 4.78 is 9.67. The molecule has 3 aromatic rings. The number of hydrogen-bond donors (Lipinski definition) is 1. The van der Waals surface area contributed by atoms with Crippen molar-refractivity contribution >= 4 is 22.6 Å². The van der Waals surface area contributed by atoms with Crippen molar-refractivity contribution < 1.29 is 4.74 Å². The van der Waals surface area contributed by atoms with Crippen molar-refractivity contribution in [3.05, 3.63) is 35.6 Å². The summed E-state index contributed by atoms with van der Waals surface area (Å²) >= 11 is 6.10. The fourth-order valence-electron chi connectivity index (χ4n) is 3.03. The maximum atomic E-state index is 6.10. The molecule has 0 aliphatic carbocycles. The molecule has 1 aliphatic rings. The van der Waals surface area contributed by atoms with E-state index in [-0.39, 0.29) is 17.4 Å². The third-order valence-electron chi connectivity index (χ3n) is 4.13. The summed E-state index contributed by atoms with van der Waals surface area (Å²) in [6.45, 7) is 0.628. The van der Waals surface area contributed by atoms with Crippen LogP contribution >= 0.6 is 11.6 Å². The SMILES string of the molecule is Cn1cc(-n2ccc3nc(Cl)nc(C4CC(N)CCO4)c32)cn1. The van der Waals surface area contributed by atoms with Gasteiger partial charge in [0.2, 0.25) is 5.28 Å². The number of hydrogen-bond acceptors (Lipinski definition) is 5. The van der Waals surface area contributed by atoms with Gasteiger partial charge in [0, 0.05) is 32.1 Å². The van der Waals surface area contributed by atoms with Crippen LogP contribution in [0.1, 0.15) is 24.6 Å². The van der Waals surface area contributed by atoms with Gasteiger partial charge in [0.15, 0.2) is 0 Å². The average Bonchev–Trinajstić information content (AvgIpc) is 3.12. The molecule has 0 amide bonds. The van der Waals surface area contributed by atoms with Gasteiger partial charge in [-0.05, 0) is 30.5 Å². The normalized spacial score (nSPS) is 21.9. The largest absolute Gasteiger partial charge is 0.372 e. The van der Waals surface area contributed by atoms with E-state index in [0.29, 0.717) is 6.61 Å². The lowest BCUT2D eigenvalue weighted by Gasteiger charge is -2.27. The summed E-state index contributed by atoms with van der Waals surface area (Å²) in [4.78, 5) is 8.77. The Balaban J connectivity index is 1.90. The number of halogens is 1. The third-order valence-corrected chi connectivity index (χ3v) is 4.30. The molecule has 1 aliphatic heterocycles. The molecule has 0 bridgehead atoms. The van der Waals surface area contributed by atoms with Crippen LogP contribution in [0.15, 0.2) is 24.7 Å². The molecule has 8 heteroatoms. The minimum absolute atomic E-state index is 0.111. The highest BCUT2D eigenvalue weighted by Crippen LogP contribution is 2.33. The van der Waals surface area contributed by atoms with Gasteiger partial charge in [-0.3, -0.25) is 4.68 Å². The first-order chi connectivity index (χ1) is 11.1. The summed E-state index contributed by atoms with van der Waals surface area (Å²) in [5.41, 5.74) is 9.49. The van der Waals surface area contributed by atoms with Crippen molar-refractivity contribution in [1.29, 1.82) is 0 Å². The topological polar surface area (TPSA) is 83.8 Å². The van der Waals surface area contributed by atoms with Gasteiger partial charge in [-0.25, -0.2) is 9.97 Å². The van der Waals surface area contributed by atoms with Gasteiger partial charge in [-0.15, -0.1) is 0 Å². The molecule has 3 aromatic heterocycles. The molecule has 120 valence electrons. The van der Waals surface area contributed by atoms with Crippen LogP contribution in [0.5, 0.6) is 0 Å². The molecule has 2 N–H and O–H groups in total. The highest BCUT2D eigenvalue weighted by molar-refractivity contribution is 6.28. The van der Waals surface area contributed by atoms with Gasteiger partial charge < -0.3 is 15.0 Å². The van der Waals surface area contributed by atoms with Crippen LogP contribution in [-0.2, 0) is 11.8 Å². The third kappa shape index (κ3) is 2.60. The Kier molecular flexibility index (Phi) is 3.56. The Labute approximate surface area is 138 Å². The van der Waals surface area contributed by atoms with Crippen LogP contribution in [-0.4, -0.2) is 37.0 Å². The van der Waals surface area contributed by atoms with Crippen molar-refractivity contribution in [1.82, 2.24) is 24.3 Å². The van der Waals surface area contributed by atoms with Crippen LogP contribution in [0, 0.1) is 0 Å². The molecule has 0 spiro atoms. The fraction of sp³-hybridized carbons (Fsp3) is 0.400. The smallest absolute Gasteiger partial charge is 0.223 e. The fourth-order valence-corrected chi connectivity index (χ4v) is 3.21. The van der Waals surface area contributed by atoms with Gasteiger partial charge in [0.1, 0.15) is 6.10 Å². The summed E-state index contributed by atoms with van der Waals surface area (Å²) in [5, 5.41) is 4.45. The van der Waals surface area contributed by atoms with E-state index in [2.05, 4.69) is 15.1 Å². The van der Waals surface area contributed by atoms with Gasteiger partial charge in [-0.2, -0.15) is 5.10 Å². The van der Waals surface area contributed by atoms with Gasteiger partial charge in [0.05, 0.1) is 28.6 Å². The molecule has 0 aromatic carbocycles. The number of nitrogens with two attached hydrogens (primary N) is 1. The molecule has 7 nitrogen and oxygen atoms in total. The molecule has 1 fully saturated rings. The molecule has 23 heavy (non-hydrogen) atoms. The molecular weight excluding hydrogens is 316 g/mol. The minimum atomic E-state index is -0.174. The molecule has 4 rings (SSSR count). The van der Waals surface area contributed by atoms with E-state index in [1.807, 2.05) is 30.1 Å². The molecular formula is C15H17ClN6O. The van der Waals surface area contributed by atoms with E-state index in [0.717, 1.165) is 35.3 Å². The summed E-state index contributed by atoms with van der Waals surface area (Å²) in [6, 6.07) is 2.03.